The lowest BCUT2D eigenvalue weighted by Crippen LogP contribution is -1.95. The van der Waals surface area contributed by atoms with Gasteiger partial charge < -0.3 is 10.7 Å². The number of hydrogen-bond acceptors (Lipinski definition) is 2. The average Bonchev–Trinajstić information content (AvgIpc) is 2.83. The molecular formula is C15H13ClN2S. The van der Waals surface area contributed by atoms with E-state index in [1.54, 1.807) is 11.8 Å². The first-order valence-corrected chi connectivity index (χ1v) is 7.20. The van der Waals surface area contributed by atoms with Gasteiger partial charge in [0.2, 0.25) is 0 Å². The molecule has 0 radical (unpaired) electrons. The maximum atomic E-state index is 6.27. The van der Waals surface area contributed by atoms with E-state index in [9.17, 15) is 0 Å². The van der Waals surface area contributed by atoms with Crippen LogP contribution in [-0.2, 0) is 6.54 Å². The van der Waals surface area contributed by atoms with Gasteiger partial charge in [0.05, 0.1) is 10.0 Å². The quantitative estimate of drug-likeness (QED) is 0.748. The van der Waals surface area contributed by atoms with Crippen LogP contribution in [0.5, 0.6) is 0 Å². The minimum atomic E-state index is 0.511. The number of hydrogen-bond donors (Lipinski definition) is 2. The Morgan fingerprint density at radius 3 is 2.68 bits per heavy atom. The van der Waals surface area contributed by atoms with Crippen molar-refractivity contribution in [2.45, 2.75) is 16.5 Å². The highest BCUT2D eigenvalue weighted by molar-refractivity contribution is 7.99. The molecule has 0 bridgehead atoms. The van der Waals surface area contributed by atoms with E-state index in [2.05, 4.69) is 23.2 Å². The van der Waals surface area contributed by atoms with Gasteiger partial charge in [-0.3, -0.25) is 0 Å². The number of halogens is 1. The molecule has 0 aliphatic rings. The van der Waals surface area contributed by atoms with Gasteiger partial charge in [0.25, 0.3) is 0 Å². The van der Waals surface area contributed by atoms with Crippen molar-refractivity contribution in [3.05, 3.63) is 59.1 Å². The molecule has 4 heteroatoms. The van der Waals surface area contributed by atoms with Crippen molar-refractivity contribution < 1.29 is 0 Å². The van der Waals surface area contributed by atoms with Crippen molar-refractivity contribution >= 4 is 34.3 Å². The van der Waals surface area contributed by atoms with Gasteiger partial charge in [-0.05, 0) is 29.8 Å². The molecule has 2 aromatic carbocycles. The number of benzene rings is 2. The first kappa shape index (κ1) is 12.6. The van der Waals surface area contributed by atoms with Crippen LogP contribution in [0.15, 0.2) is 58.5 Å². The van der Waals surface area contributed by atoms with Crippen LogP contribution in [0.4, 0.5) is 0 Å². The fourth-order valence-electron chi connectivity index (χ4n) is 1.97. The number of aromatic amines is 1. The summed E-state index contributed by atoms with van der Waals surface area (Å²) >= 11 is 7.90. The van der Waals surface area contributed by atoms with Crippen LogP contribution in [0.1, 0.15) is 5.56 Å². The lowest BCUT2D eigenvalue weighted by atomic mass is 10.2. The predicted molar refractivity (Wildman–Crippen MR) is 81.8 cm³/mol. The van der Waals surface area contributed by atoms with Gasteiger partial charge in [-0.1, -0.05) is 47.6 Å². The van der Waals surface area contributed by atoms with E-state index < -0.39 is 0 Å². The van der Waals surface area contributed by atoms with E-state index >= 15 is 0 Å². The number of aromatic nitrogens is 1. The molecule has 1 heterocycles. The number of rotatable bonds is 3. The van der Waals surface area contributed by atoms with Crippen molar-refractivity contribution in [2.75, 3.05) is 0 Å². The van der Waals surface area contributed by atoms with Crippen LogP contribution < -0.4 is 5.73 Å². The average molecular weight is 289 g/mol. The Kier molecular flexibility index (Phi) is 3.51. The van der Waals surface area contributed by atoms with Gasteiger partial charge >= 0.3 is 0 Å². The van der Waals surface area contributed by atoms with Crippen LogP contribution in [0.25, 0.3) is 10.9 Å². The first-order chi connectivity index (χ1) is 9.26. The Hall–Kier alpha value is -1.42. The number of fused-ring (bicyclic) bond motifs is 1. The summed E-state index contributed by atoms with van der Waals surface area (Å²) in [5.41, 5.74) is 7.79. The smallest absolute Gasteiger partial charge is 0.0781 e. The summed E-state index contributed by atoms with van der Waals surface area (Å²) in [6, 6.07) is 16.3. The number of nitrogens with one attached hydrogen (secondary N) is 1. The lowest BCUT2D eigenvalue weighted by molar-refractivity contribution is 1.06. The van der Waals surface area contributed by atoms with Gasteiger partial charge in [-0.25, -0.2) is 0 Å². The van der Waals surface area contributed by atoms with Gasteiger partial charge in [-0.15, -0.1) is 0 Å². The van der Waals surface area contributed by atoms with E-state index in [1.165, 1.54) is 5.39 Å². The second kappa shape index (κ2) is 5.29. The molecule has 0 spiro atoms. The minimum absolute atomic E-state index is 0.511. The Balaban J connectivity index is 1.92. The molecule has 96 valence electrons. The lowest BCUT2D eigenvalue weighted by Gasteiger charge is -2.04. The predicted octanol–water partition coefficient (Wildman–Crippen LogP) is 4.43. The third-order valence-corrected chi connectivity index (χ3v) is 4.40. The van der Waals surface area contributed by atoms with Crippen LogP contribution in [0, 0.1) is 0 Å². The molecule has 3 aromatic rings. The van der Waals surface area contributed by atoms with E-state index in [4.69, 9.17) is 17.3 Å². The molecule has 0 saturated carbocycles. The van der Waals surface area contributed by atoms with E-state index in [-0.39, 0.29) is 0 Å². The van der Waals surface area contributed by atoms with Crippen LogP contribution in [-0.4, -0.2) is 4.98 Å². The second-order valence-electron chi connectivity index (χ2n) is 4.29. The van der Waals surface area contributed by atoms with Gasteiger partial charge in [-0.2, -0.15) is 0 Å². The summed E-state index contributed by atoms with van der Waals surface area (Å²) in [5, 5.41) is 3.04. The number of H-pyrrole nitrogens is 1. The summed E-state index contributed by atoms with van der Waals surface area (Å²) in [6.07, 6.45) is 0. The Labute approximate surface area is 121 Å². The zero-order chi connectivity index (χ0) is 13.2. The Morgan fingerprint density at radius 1 is 1.11 bits per heavy atom. The van der Waals surface area contributed by atoms with Crippen LogP contribution >= 0.6 is 23.4 Å². The summed E-state index contributed by atoms with van der Waals surface area (Å²) < 4.78 is 0. The Bertz CT molecular complexity index is 688. The molecule has 0 unspecified atom stereocenters. The molecule has 0 fully saturated rings. The highest BCUT2D eigenvalue weighted by Gasteiger charge is 2.06. The zero-order valence-electron chi connectivity index (χ0n) is 10.2. The van der Waals surface area contributed by atoms with Crippen LogP contribution in [0.3, 0.4) is 0 Å². The summed E-state index contributed by atoms with van der Waals surface area (Å²) in [7, 11) is 0. The molecule has 0 saturated heterocycles. The van der Waals surface area contributed by atoms with Crippen molar-refractivity contribution in [3.8, 4) is 0 Å². The van der Waals surface area contributed by atoms with Crippen molar-refractivity contribution in [1.29, 1.82) is 0 Å². The van der Waals surface area contributed by atoms with Crippen LogP contribution in [0.2, 0.25) is 5.02 Å². The van der Waals surface area contributed by atoms with E-state index in [1.807, 2.05) is 30.3 Å². The molecule has 0 atom stereocenters. The highest BCUT2D eigenvalue weighted by Crippen LogP contribution is 2.34. The van der Waals surface area contributed by atoms with Gasteiger partial charge in [0.1, 0.15) is 0 Å². The standard InChI is InChI=1S/C15H13ClN2S/c16-12-7-10(9-17)5-6-14(12)19-15-8-11-3-1-2-4-13(11)18-15/h1-8,18H,9,17H2. The number of nitrogens with two attached hydrogens (primary N) is 1. The van der Waals surface area contributed by atoms with E-state index in [0.717, 1.165) is 26.0 Å². The third-order valence-electron chi connectivity index (χ3n) is 2.96. The zero-order valence-corrected chi connectivity index (χ0v) is 11.8. The monoisotopic (exact) mass is 288 g/mol. The topological polar surface area (TPSA) is 41.8 Å². The van der Waals surface area contributed by atoms with E-state index in [0.29, 0.717) is 6.54 Å². The normalized spacial score (nSPS) is 11.1. The third kappa shape index (κ3) is 2.63. The molecule has 0 aliphatic carbocycles. The minimum Gasteiger partial charge on any atom is -0.349 e. The molecular weight excluding hydrogens is 276 g/mol. The molecule has 2 nitrogen and oxygen atoms in total. The molecule has 3 rings (SSSR count). The molecule has 3 N–H and O–H groups in total. The van der Waals surface area contributed by atoms with Gasteiger partial charge in [0, 0.05) is 22.3 Å². The summed E-state index contributed by atoms with van der Waals surface area (Å²) in [5.74, 6) is 0. The Morgan fingerprint density at radius 2 is 1.95 bits per heavy atom. The second-order valence-corrected chi connectivity index (χ2v) is 5.78. The maximum Gasteiger partial charge on any atom is 0.0781 e. The maximum absolute atomic E-state index is 6.27. The van der Waals surface area contributed by atoms with Crippen molar-refractivity contribution in [1.82, 2.24) is 4.98 Å². The summed E-state index contributed by atoms with van der Waals surface area (Å²) in [4.78, 5) is 4.41. The highest BCUT2D eigenvalue weighted by atomic mass is 35.5. The number of para-hydroxylation sites is 1. The fourth-order valence-corrected chi connectivity index (χ4v) is 3.17. The molecule has 0 amide bonds. The largest absolute Gasteiger partial charge is 0.349 e. The molecule has 0 aliphatic heterocycles. The van der Waals surface area contributed by atoms with Crippen molar-refractivity contribution in [3.63, 3.8) is 0 Å². The fraction of sp³-hybridized carbons (Fsp3) is 0.0667. The molecule has 1 aromatic heterocycles. The van der Waals surface area contributed by atoms with Gasteiger partial charge in [0.15, 0.2) is 0 Å². The summed E-state index contributed by atoms with van der Waals surface area (Å²) in [6.45, 7) is 0.511. The molecule has 19 heavy (non-hydrogen) atoms. The van der Waals surface area contributed by atoms with Crippen molar-refractivity contribution in [2.24, 2.45) is 5.73 Å². The SMILES string of the molecule is NCc1ccc(Sc2cc3ccccc3[nH]2)c(Cl)c1. The first-order valence-electron chi connectivity index (χ1n) is 6.00.